The van der Waals surface area contributed by atoms with Gasteiger partial charge in [-0.2, -0.15) is 5.10 Å². The highest BCUT2D eigenvalue weighted by Crippen LogP contribution is 2.14. The van der Waals surface area contributed by atoms with E-state index in [1.807, 2.05) is 67.5 Å². The van der Waals surface area contributed by atoms with Gasteiger partial charge in [0, 0.05) is 24.5 Å². The van der Waals surface area contributed by atoms with Crippen molar-refractivity contribution < 1.29 is 4.79 Å². The molecule has 5 nitrogen and oxygen atoms in total. The second kappa shape index (κ2) is 7.00. The predicted octanol–water partition coefficient (Wildman–Crippen LogP) is 3.35. The van der Waals surface area contributed by atoms with Crippen LogP contribution in [0.4, 0.5) is 5.69 Å². The summed E-state index contributed by atoms with van der Waals surface area (Å²) >= 11 is 0. The normalized spacial score (nSPS) is 10.4. The molecule has 5 heteroatoms. The molecule has 1 aromatic heterocycles. The molecule has 0 saturated carbocycles. The Morgan fingerprint density at radius 1 is 1.12 bits per heavy atom. The molecule has 3 rings (SSSR count). The fourth-order valence-electron chi connectivity index (χ4n) is 2.43. The SMILES string of the molecule is CCN(NC(=O)c1ccc(-n2cccn2)cc1)c1ccc(C)cc1. The van der Waals surface area contributed by atoms with Crippen molar-refractivity contribution in [2.24, 2.45) is 0 Å². The van der Waals surface area contributed by atoms with Crippen LogP contribution in [0.2, 0.25) is 0 Å². The van der Waals surface area contributed by atoms with Gasteiger partial charge in [-0.05, 0) is 56.3 Å². The number of hydrazine groups is 1. The molecule has 24 heavy (non-hydrogen) atoms. The Kier molecular flexibility index (Phi) is 4.61. The van der Waals surface area contributed by atoms with Gasteiger partial charge < -0.3 is 0 Å². The Labute approximate surface area is 141 Å². The molecule has 1 amide bonds. The number of nitrogens with zero attached hydrogens (tertiary/aromatic N) is 3. The smallest absolute Gasteiger partial charge is 0.269 e. The van der Waals surface area contributed by atoms with Gasteiger partial charge in [0.2, 0.25) is 0 Å². The average Bonchev–Trinajstić information content (AvgIpc) is 3.15. The molecule has 0 fully saturated rings. The molecule has 1 heterocycles. The van der Waals surface area contributed by atoms with E-state index in [2.05, 4.69) is 10.5 Å². The maximum atomic E-state index is 12.5. The Morgan fingerprint density at radius 2 is 1.83 bits per heavy atom. The number of hydrogen-bond acceptors (Lipinski definition) is 3. The highest BCUT2D eigenvalue weighted by atomic mass is 16.2. The summed E-state index contributed by atoms with van der Waals surface area (Å²) in [5.74, 6) is -0.135. The molecule has 1 N–H and O–H groups in total. The Balaban J connectivity index is 1.72. The lowest BCUT2D eigenvalue weighted by molar-refractivity contribution is 0.0949. The van der Waals surface area contributed by atoms with Crippen LogP contribution in [0.1, 0.15) is 22.8 Å². The van der Waals surface area contributed by atoms with Gasteiger partial charge in [0.15, 0.2) is 0 Å². The quantitative estimate of drug-likeness (QED) is 0.734. The third-order valence-corrected chi connectivity index (χ3v) is 3.80. The van der Waals surface area contributed by atoms with E-state index in [1.54, 1.807) is 23.0 Å². The van der Waals surface area contributed by atoms with E-state index in [0.29, 0.717) is 12.1 Å². The van der Waals surface area contributed by atoms with Gasteiger partial charge in [-0.1, -0.05) is 17.7 Å². The molecule has 0 saturated heterocycles. The van der Waals surface area contributed by atoms with E-state index in [9.17, 15) is 4.79 Å². The van der Waals surface area contributed by atoms with Crippen molar-refractivity contribution in [3.05, 3.63) is 78.1 Å². The zero-order valence-electron chi connectivity index (χ0n) is 13.8. The molecular formula is C19H20N4O. The molecule has 0 aliphatic heterocycles. The maximum absolute atomic E-state index is 12.5. The van der Waals surface area contributed by atoms with E-state index in [0.717, 1.165) is 11.4 Å². The van der Waals surface area contributed by atoms with Crippen LogP contribution in [-0.2, 0) is 0 Å². The minimum atomic E-state index is -0.135. The number of rotatable bonds is 5. The fourth-order valence-corrected chi connectivity index (χ4v) is 2.43. The Morgan fingerprint density at radius 3 is 2.42 bits per heavy atom. The van der Waals surface area contributed by atoms with E-state index in [-0.39, 0.29) is 5.91 Å². The van der Waals surface area contributed by atoms with E-state index >= 15 is 0 Å². The molecule has 2 aromatic carbocycles. The highest BCUT2D eigenvalue weighted by molar-refractivity contribution is 5.95. The van der Waals surface area contributed by atoms with Crippen LogP contribution in [0.25, 0.3) is 5.69 Å². The minimum Gasteiger partial charge on any atom is -0.286 e. The van der Waals surface area contributed by atoms with Gasteiger partial charge in [-0.25, -0.2) is 4.68 Å². The standard InChI is InChI=1S/C19H20N4O/c1-3-22(17-9-5-15(2)6-10-17)21-19(24)16-7-11-18(12-8-16)23-14-4-13-20-23/h4-14H,3H2,1-2H3,(H,21,24). The van der Waals surface area contributed by atoms with Crippen molar-refractivity contribution >= 4 is 11.6 Å². The first-order valence-corrected chi connectivity index (χ1v) is 7.92. The molecule has 0 aliphatic rings. The highest BCUT2D eigenvalue weighted by Gasteiger charge is 2.11. The number of carbonyl (C=O) groups excluding carboxylic acids is 1. The molecule has 0 atom stereocenters. The summed E-state index contributed by atoms with van der Waals surface area (Å²) in [6, 6.07) is 17.3. The molecule has 0 bridgehead atoms. The number of amides is 1. The van der Waals surface area contributed by atoms with Gasteiger partial charge in [-0.3, -0.25) is 15.2 Å². The second-order valence-electron chi connectivity index (χ2n) is 5.52. The number of nitrogens with one attached hydrogen (secondary N) is 1. The van der Waals surface area contributed by atoms with Crippen molar-refractivity contribution in [3.63, 3.8) is 0 Å². The first-order valence-electron chi connectivity index (χ1n) is 7.92. The number of aryl methyl sites for hydroxylation is 1. The summed E-state index contributed by atoms with van der Waals surface area (Å²) in [6.07, 6.45) is 3.59. The topological polar surface area (TPSA) is 50.2 Å². The number of carbonyl (C=O) groups is 1. The third-order valence-electron chi connectivity index (χ3n) is 3.80. The Bertz CT molecular complexity index is 792. The number of benzene rings is 2. The molecule has 0 spiro atoms. The zero-order valence-corrected chi connectivity index (χ0v) is 13.8. The average molecular weight is 320 g/mol. The Hall–Kier alpha value is -3.08. The van der Waals surface area contributed by atoms with Crippen LogP contribution >= 0.6 is 0 Å². The van der Waals surface area contributed by atoms with Crippen molar-refractivity contribution in [1.29, 1.82) is 0 Å². The fraction of sp³-hybridized carbons (Fsp3) is 0.158. The van der Waals surface area contributed by atoms with Crippen molar-refractivity contribution in [2.45, 2.75) is 13.8 Å². The van der Waals surface area contributed by atoms with Crippen LogP contribution in [-0.4, -0.2) is 22.2 Å². The van der Waals surface area contributed by atoms with Crippen LogP contribution in [0.3, 0.4) is 0 Å². The molecule has 0 aliphatic carbocycles. The largest absolute Gasteiger partial charge is 0.286 e. The maximum Gasteiger partial charge on any atom is 0.269 e. The number of aromatic nitrogens is 2. The molecule has 0 unspecified atom stereocenters. The second-order valence-corrected chi connectivity index (χ2v) is 5.52. The number of hydrogen-bond donors (Lipinski definition) is 1. The summed E-state index contributed by atoms with van der Waals surface area (Å²) in [5, 5.41) is 6.01. The van der Waals surface area contributed by atoms with Crippen molar-refractivity contribution in [3.8, 4) is 5.69 Å². The van der Waals surface area contributed by atoms with Crippen LogP contribution in [0.15, 0.2) is 67.0 Å². The first-order chi connectivity index (χ1) is 11.7. The van der Waals surface area contributed by atoms with Gasteiger partial charge in [0.05, 0.1) is 11.4 Å². The molecule has 0 radical (unpaired) electrons. The molecule has 122 valence electrons. The van der Waals surface area contributed by atoms with E-state index < -0.39 is 0 Å². The lowest BCUT2D eigenvalue weighted by Crippen LogP contribution is -2.42. The lowest BCUT2D eigenvalue weighted by Gasteiger charge is -2.24. The minimum absolute atomic E-state index is 0.135. The predicted molar refractivity (Wildman–Crippen MR) is 95.2 cm³/mol. The summed E-state index contributed by atoms with van der Waals surface area (Å²) in [4.78, 5) is 12.5. The van der Waals surface area contributed by atoms with E-state index in [4.69, 9.17) is 0 Å². The summed E-state index contributed by atoms with van der Waals surface area (Å²) in [6.45, 7) is 4.72. The first kappa shape index (κ1) is 15.8. The van der Waals surface area contributed by atoms with Crippen LogP contribution in [0, 0.1) is 6.92 Å². The van der Waals surface area contributed by atoms with Gasteiger partial charge in [0.25, 0.3) is 5.91 Å². The summed E-state index contributed by atoms with van der Waals surface area (Å²) in [5.41, 5.74) is 6.62. The monoisotopic (exact) mass is 320 g/mol. The zero-order chi connectivity index (χ0) is 16.9. The van der Waals surface area contributed by atoms with Gasteiger partial charge in [0.1, 0.15) is 0 Å². The van der Waals surface area contributed by atoms with Crippen molar-refractivity contribution in [1.82, 2.24) is 15.2 Å². The van der Waals surface area contributed by atoms with Crippen LogP contribution in [0.5, 0.6) is 0 Å². The molecule has 3 aromatic rings. The van der Waals surface area contributed by atoms with Gasteiger partial charge in [-0.15, -0.1) is 0 Å². The van der Waals surface area contributed by atoms with Crippen molar-refractivity contribution in [2.75, 3.05) is 11.6 Å². The summed E-state index contributed by atoms with van der Waals surface area (Å²) in [7, 11) is 0. The van der Waals surface area contributed by atoms with Crippen LogP contribution < -0.4 is 10.4 Å². The lowest BCUT2D eigenvalue weighted by atomic mass is 10.2. The third kappa shape index (κ3) is 3.46. The van der Waals surface area contributed by atoms with E-state index in [1.165, 1.54) is 5.56 Å². The number of anilines is 1. The summed E-state index contributed by atoms with van der Waals surface area (Å²) < 4.78 is 1.76. The molecular weight excluding hydrogens is 300 g/mol. The van der Waals surface area contributed by atoms with Gasteiger partial charge >= 0.3 is 0 Å².